The number of carbonyl (C=O) groups excluding carboxylic acids is 1. The van der Waals surface area contributed by atoms with Gasteiger partial charge in [-0.3, -0.25) is 14.0 Å². The predicted molar refractivity (Wildman–Crippen MR) is 85.9 cm³/mol. The number of aryl methyl sites for hydroxylation is 2. The van der Waals surface area contributed by atoms with E-state index < -0.39 is 0 Å². The smallest absolute Gasteiger partial charge is 0.243 e. The van der Waals surface area contributed by atoms with Crippen molar-refractivity contribution in [3.8, 4) is 0 Å². The van der Waals surface area contributed by atoms with Crippen LogP contribution in [0.4, 0.5) is 0 Å². The van der Waals surface area contributed by atoms with E-state index in [-0.39, 0.29) is 18.0 Å². The van der Waals surface area contributed by atoms with Crippen molar-refractivity contribution < 1.29 is 4.79 Å². The summed E-state index contributed by atoms with van der Waals surface area (Å²) in [6.07, 6.45) is 1.90. The molecule has 0 bridgehead atoms. The van der Waals surface area contributed by atoms with Crippen LogP contribution in [0.5, 0.6) is 0 Å². The van der Waals surface area contributed by atoms with Gasteiger partial charge in [0.15, 0.2) is 10.4 Å². The summed E-state index contributed by atoms with van der Waals surface area (Å²) in [4.78, 5) is 15.5. The Bertz CT molecular complexity index is 709. The molecule has 2 aromatic heterocycles. The molecule has 2 N–H and O–H groups in total. The Morgan fingerprint density at radius 1 is 1.43 bits per heavy atom. The summed E-state index contributed by atoms with van der Waals surface area (Å²) in [5, 5.41) is 7.46. The van der Waals surface area contributed by atoms with Gasteiger partial charge in [0.1, 0.15) is 11.6 Å². The van der Waals surface area contributed by atoms with Gasteiger partial charge in [-0.25, -0.2) is 0 Å². The zero-order valence-electron chi connectivity index (χ0n) is 13.2. The van der Waals surface area contributed by atoms with Crippen LogP contribution in [-0.2, 0) is 18.3 Å². The summed E-state index contributed by atoms with van der Waals surface area (Å²) in [5.74, 6) is -0.0414. The first kappa shape index (κ1) is 15.8. The second-order valence-electron chi connectivity index (χ2n) is 5.66. The number of amides is 1. The number of fused-ring (bicyclic) bond motifs is 1. The average Bonchev–Trinajstić information content (AvgIpc) is 2.86. The first-order valence-corrected chi connectivity index (χ1v) is 7.74. The van der Waals surface area contributed by atoms with Crippen LogP contribution in [0.2, 0.25) is 0 Å². The molecule has 1 atom stereocenters. The number of H-pyrrole nitrogens is 1. The van der Waals surface area contributed by atoms with Gasteiger partial charge in [-0.05, 0) is 39.4 Å². The van der Waals surface area contributed by atoms with Crippen LogP contribution in [0.15, 0.2) is 0 Å². The van der Waals surface area contributed by atoms with E-state index in [1.165, 1.54) is 0 Å². The van der Waals surface area contributed by atoms with E-state index in [9.17, 15) is 4.79 Å². The largest absolute Gasteiger partial charge is 0.352 e. The second kappa shape index (κ2) is 6.01. The molecule has 0 aliphatic rings. The van der Waals surface area contributed by atoms with Gasteiger partial charge in [0.25, 0.3) is 0 Å². The van der Waals surface area contributed by atoms with Crippen LogP contribution in [-0.4, -0.2) is 31.3 Å². The van der Waals surface area contributed by atoms with Gasteiger partial charge >= 0.3 is 0 Å². The maximum atomic E-state index is 12.3. The number of nitrogens with zero attached hydrogens (tertiary/aromatic N) is 3. The van der Waals surface area contributed by atoms with Gasteiger partial charge in [-0.2, -0.15) is 5.10 Å². The number of aromatic amines is 1. The Hall–Kier alpha value is -1.63. The fourth-order valence-corrected chi connectivity index (χ4v) is 2.88. The van der Waals surface area contributed by atoms with Crippen molar-refractivity contribution in [3.63, 3.8) is 0 Å². The second-order valence-corrected chi connectivity index (χ2v) is 6.05. The highest BCUT2D eigenvalue weighted by atomic mass is 32.1. The number of nitrogens with one attached hydrogen (secondary N) is 2. The Balaban J connectivity index is 2.51. The molecule has 0 aromatic carbocycles. The minimum absolute atomic E-state index is 0.0414. The highest BCUT2D eigenvalue weighted by Gasteiger charge is 2.22. The molecule has 2 rings (SSSR count). The molecule has 0 saturated heterocycles. The maximum absolute atomic E-state index is 12.3. The summed E-state index contributed by atoms with van der Waals surface area (Å²) in [6.45, 7) is 7.86. The van der Waals surface area contributed by atoms with E-state index in [2.05, 4.69) is 22.3 Å². The molecule has 1 amide bonds. The lowest BCUT2D eigenvalue weighted by molar-refractivity contribution is -0.124. The summed E-state index contributed by atoms with van der Waals surface area (Å²) >= 11 is 5.41. The molecule has 0 saturated carbocycles. The normalized spacial score (nSPS) is 13.0. The molecular formula is C14H23N5OS. The van der Waals surface area contributed by atoms with E-state index in [1.54, 1.807) is 4.68 Å². The third-order valence-corrected chi connectivity index (χ3v) is 3.75. The minimum Gasteiger partial charge on any atom is -0.352 e. The van der Waals surface area contributed by atoms with E-state index in [0.717, 1.165) is 29.7 Å². The third kappa shape index (κ3) is 2.88. The summed E-state index contributed by atoms with van der Waals surface area (Å²) in [6, 6.07) is -0.274. The fraction of sp³-hybridized carbons (Fsp3) is 0.643. The van der Waals surface area contributed by atoms with Crippen LogP contribution in [0.3, 0.4) is 0 Å². The summed E-state index contributed by atoms with van der Waals surface area (Å²) < 4.78 is 4.20. The van der Waals surface area contributed by atoms with E-state index in [0.29, 0.717) is 4.77 Å². The first-order valence-electron chi connectivity index (χ1n) is 7.33. The first-order chi connectivity index (χ1) is 9.86. The summed E-state index contributed by atoms with van der Waals surface area (Å²) in [7, 11) is 1.88. The number of aromatic nitrogens is 4. The SMILES string of the molecule is CCCc1nn(C)c2c1[nH]c(=S)n2C(C)C(=O)NC(C)C. The van der Waals surface area contributed by atoms with Crippen molar-refractivity contribution in [2.45, 2.75) is 52.6 Å². The van der Waals surface area contributed by atoms with E-state index in [1.807, 2.05) is 32.4 Å². The Kier molecular flexibility index (Phi) is 4.51. The van der Waals surface area contributed by atoms with Crippen molar-refractivity contribution in [1.82, 2.24) is 24.6 Å². The maximum Gasteiger partial charge on any atom is 0.243 e. The molecule has 116 valence electrons. The lowest BCUT2D eigenvalue weighted by Gasteiger charge is -2.16. The van der Waals surface area contributed by atoms with Crippen LogP contribution >= 0.6 is 12.2 Å². The lowest BCUT2D eigenvalue weighted by Crippen LogP contribution is -2.35. The molecule has 0 fully saturated rings. The van der Waals surface area contributed by atoms with Gasteiger partial charge in [-0.1, -0.05) is 13.3 Å². The zero-order chi connectivity index (χ0) is 15.7. The van der Waals surface area contributed by atoms with E-state index >= 15 is 0 Å². The molecule has 2 heterocycles. The molecule has 7 heteroatoms. The van der Waals surface area contributed by atoms with Crippen LogP contribution in [0.1, 0.15) is 45.9 Å². The number of hydrogen-bond acceptors (Lipinski definition) is 3. The monoisotopic (exact) mass is 309 g/mol. The number of carbonyl (C=O) groups is 1. The zero-order valence-corrected chi connectivity index (χ0v) is 14.0. The Morgan fingerprint density at radius 2 is 2.10 bits per heavy atom. The predicted octanol–water partition coefficient (Wildman–Crippen LogP) is 2.47. The minimum atomic E-state index is -0.376. The summed E-state index contributed by atoms with van der Waals surface area (Å²) in [5.41, 5.74) is 2.81. The average molecular weight is 309 g/mol. The molecule has 0 aliphatic carbocycles. The van der Waals surface area contributed by atoms with Crippen LogP contribution in [0, 0.1) is 4.77 Å². The molecule has 0 aliphatic heterocycles. The molecule has 21 heavy (non-hydrogen) atoms. The molecule has 6 nitrogen and oxygen atoms in total. The molecule has 0 radical (unpaired) electrons. The molecular weight excluding hydrogens is 286 g/mol. The van der Waals surface area contributed by atoms with Gasteiger partial charge in [0.2, 0.25) is 5.91 Å². The van der Waals surface area contributed by atoms with Crippen molar-refractivity contribution in [3.05, 3.63) is 10.5 Å². The van der Waals surface area contributed by atoms with Gasteiger partial charge < -0.3 is 10.3 Å². The van der Waals surface area contributed by atoms with Crippen LogP contribution < -0.4 is 5.32 Å². The highest BCUT2D eigenvalue weighted by Crippen LogP contribution is 2.22. The van der Waals surface area contributed by atoms with Gasteiger partial charge in [0, 0.05) is 13.1 Å². The van der Waals surface area contributed by atoms with Crippen molar-refractivity contribution in [1.29, 1.82) is 0 Å². The number of hydrogen-bond donors (Lipinski definition) is 2. The fourth-order valence-electron chi connectivity index (χ4n) is 2.53. The van der Waals surface area contributed by atoms with Crippen molar-refractivity contribution >= 4 is 29.3 Å². The Labute approximate surface area is 129 Å². The third-order valence-electron chi connectivity index (χ3n) is 3.45. The van der Waals surface area contributed by atoms with Crippen LogP contribution in [0.25, 0.3) is 11.2 Å². The molecule has 2 aromatic rings. The number of imidazole rings is 1. The molecule has 0 spiro atoms. The van der Waals surface area contributed by atoms with Gasteiger partial charge in [0.05, 0.1) is 5.69 Å². The Morgan fingerprint density at radius 3 is 2.67 bits per heavy atom. The quantitative estimate of drug-likeness (QED) is 0.834. The standard InChI is InChI=1S/C14H23N5OS/c1-6-7-10-11-13(18(5)17-10)19(14(21)16-11)9(4)12(20)15-8(2)3/h8-9H,6-7H2,1-5H3,(H,15,20)(H,16,21). The van der Waals surface area contributed by atoms with Crippen molar-refractivity contribution in [2.75, 3.05) is 0 Å². The number of rotatable bonds is 5. The topological polar surface area (TPSA) is 67.6 Å². The van der Waals surface area contributed by atoms with Gasteiger partial charge in [-0.15, -0.1) is 0 Å². The lowest BCUT2D eigenvalue weighted by atomic mass is 10.2. The molecule has 1 unspecified atom stereocenters. The van der Waals surface area contributed by atoms with Crippen molar-refractivity contribution in [2.24, 2.45) is 7.05 Å². The van der Waals surface area contributed by atoms with E-state index in [4.69, 9.17) is 12.2 Å². The highest BCUT2D eigenvalue weighted by molar-refractivity contribution is 7.71.